The summed E-state index contributed by atoms with van der Waals surface area (Å²) in [5, 5.41) is 0. The second kappa shape index (κ2) is 9.32. The molecule has 0 aromatic heterocycles. The number of hydrogen-bond donors (Lipinski definition) is 0. The highest BCUT2D eigenvalue weighted by Gasteiger charge is 2.59. The Balaban J connectivity index is 1.56. The molecule has 0 saturated heterocycles. The zero-order chi connectivity index (χ0) is 19.4. The molecule has 0 amide bonds. The molecule has 0 N–H and O–H groups in total. The molecule has 2 aromatic carbocycles. The first-order chi connectivity index (χ1) is 13.8. The summed E-state index contributed by atoms with van der Waals surface area (Å²) in [6, 6.07) is 21.0. The van der Waals surface area contributed by atoms with E-state index in [9.17, 15) is 0 Å². The van der Waals surface area contributed by atoms with E-state index in [1.54, 1.807) is 11.1 Å². The Morgan fingerprint density at radius 1 is 0.821 bits per heavy atom. The number of benzene rings is 2. The van der Waals surface area contributed by atoms with Crippen LogP contribution in [-0.2, 0) is 5.41 Å². The fourth-order valence-corrected chi connectivity index (χ4v) is 6.95. The lowest BCUT2D eigenvalue weighted by atomic mass is 9.66. The molecule has 150 valence electrons. The first-order valence-electron chi connectivity index (χ1n) is 11.6. The lowest BCUT2D eigenvalue weighted by Gasteiger charge is -2.37. The smallest absolute Gasteiger partial charge is 0.0261 e. The lowest BCUT2D eigenvalue weighted by molar-refractivity contribution is 0.287. The van der Waals surface area contributed by atoms with Crippen molar-refractivity contribution in [2.45, 2.75) is 76.5 Å². The Bertz CT molecular complexity index is 735. The van der Waals surface area contributed by atoms with Crippen LogP contribution >= 0.6 is 22.6 Å². The Morgan fingerprint density at radius 3 is 2.25 bits per heavy atom. The van der Waals surface area contributed by atoms with Crippen LogP contribution in [0.2, 0.25) is 0 Å². The summed E-state index contributed by atoms with van der Waals surface area (Å²) in [6.07, 6.45) is 14.3. The van der Waals surface area contributed by atoms with Gasteiger partial charge in [0.1, 0.15) is 0 Å². The van der Waals surface area contributed by atoms with Crippen molar-refractivity contribution in [3.05, 3.63) is 69.3 Å². The molecule has 0 heterocycles. The largest absolute Gasteiger partial charge is 0.0654 e. The van der Waals surface area contributed by atoms with Crippen molar-refractivity contribution in [2.75, 3.05) is 0 Å². The van der Waals surface area contributed by atoms with E-state index in [0.717, 1.165) is 17.8 Å². The Morgan fingerprint density at radius 2 is 1.50 bits per heavy atom. The minimum atomic E-state index is 0.262. The maximum Gasteiger partial charge on any atom is 0.0261 e. The van der Waals surface area contributed by atoms with Gasteiger partial charge < -0.3 is 0 Å². The average molecular weight is 486 g/mol. The lowest BCUT2D eigenvalue weighted by Crippen LogP contribution is -2.34. The van der Waals surface area contributed by atoms with Gasteiger partial charge in [-0.2, -0.15) is 0 Å². The molecule has 2 saturated carbocycles. The van der Waals surface area contributed by atoms with Crippen LogP contribution in [0.25, 0.3) is 0 Å². The SMILES string of the molecule is CCCCCCCC[C@H]1C[C@H]2CC[C@@H]1[C@@]2(c1ccccc1)c1ccc(I)cc1. The van der Waals surface area contributed by atoms with Crippen molar-refractivity contribution in [3.63, 3.8) is 0 Å². The number of halogens is 1. The van der Waals surface area contributed by atoms with Gasteiger partial charge in [0.15, 0.2) is 0 Å². The average Bonchev–Trinajstić information content (AvgIpc) is 3.25. The molecule has 0 nitrogen and oxygen atoms in total. The zero-order valence-electron chi connectivity index (χ0n) is 17.4. The highest BCUT2D eigenvalue weighted by atomic mass is 127. The van der Waals surface area contributed by atoms with E-state index >= 15 is 0 Å². The molecule has 4 rings (SSSR count). The summed E-state index contributed by atoms with van der Waals surface area (Å²) in [5.74, 6) is 2.57. The molecule has 2 aliphatic rings. The van der Waals surface area contributed by atoms with Gasteiger partial charge in [0.2, 0.25) is 0 Å². The van der Waals surface area contributed by atoms with Crippen LogP contribution in [-0.4, -0.2) is 0 Å². The maximum atomic E-state index is 2.44. The molecule has 0 spiro atoms. The highest BCUT2D eigenvalue weighted by Crippen LogP contribution is 2.65. The van der Waals surface area contributed by atoms with E-state index in [-0.39, 0.29) is 5.41 Å². The first-order valence-corrected chi connectivity index (χ1v) is 12.7. The molecular weight excluding hydrogens is 451 g/mol. The molecule has 4 atom stereocenters. The van der Waals surface area contributed by atoms with E-state index in [0.29, 0.717) is 0 Å². The number of fused-ring (bicyclic) bond motifs is 2. The van der Waals surface area contributed by atoms with Crippen LogP contribution in [0.3, 0.4) is 0 Å². The van der Waals surface area contributed by atoms with Crippen LogP contribution in [0.15, 0.2) is 54.6 Å². The van der Waals surface area contributed by atoms with Gasteiger partial charge in [-0.25, -0.2) is 0 Å². The van der Waals surface area contributed by atoms with E-state index in [1.807, 2.05) is 0 Å². The van der Waals surface area contributed by atoms with Crippen LogP contribution < -0.4 is 0 Å². The molecule has 2 aliphatic carbocycles. The van der Waals surface area contributed by atoms with Crippen molar-refractivity contribution in [1.29, 1.82) is 0 Å². The van der Waals surface area contributed by atoms with Gasteiger partial charge in [-0.05, 0) is 82.9 Å². The van der Waals surface area contributed by atoms with Gasteiger partial charge in [-0.3, -0.25) is 0 Å². The van der Waals surface area contributed by atoms with Crippen molar-refractivity contribution >= 4 is 22.6 Å². The second-order valence-electron chi connectivity index (χ2n) is 9.17. The molecule has 2 fully saturated rings. The highest BCUT2D eigenvalue weighted by molar-refractivity contribution is 14.1. The van der Waals surface area contributed by atoms with Crippen LogP contribution in [0.5, 0.6) is 0 Å². The Hall–Kier alpha value is -0.830. The normalized spacial score (nSPS) is 28.7. The fraction of sp³-hybridized carbons (Fsp3) is 0.556. The number of hydrogen-bond acceptors (Lipinski definition) is 0. The van der Waals surface area contributed by atoms with Crippen LogP contribution in [0.4, 0.5) is 0 Å². The van der Waals surface area contributed by atoms with Gasteiger partial charge in [0, 0.05) is 8.99 Å². The summed E-state index contributed by atoms with van der Waals surface area (Å²) in [4.78, 5) is 0. The third-order valence-electron chi connectivity index (χ3n) is 7.71. The molecule has 28 heavy (non-hydrogen) atoms. The molecule has 0 unspecified atom stereocenters. The number of rotatable bonds is 9. The fourth-order valence-electron chi connectivity index (χ4n) is 6.59. The van der Waals surface area contributed by atoms with Crippen molar-refractivity contribution in [1.82, 2.24) is 0 Å². The van der Waals surface area contributed by atoms with Crippen molar-refractivity contribution in [2.24, 2.45) is 17.8 Å². The maximum absolute atomic E-state index is 2.44. The summed E-state index contributed by atoms with van der Waals surface area (Å²) in [7, 11) is 0. The third kappa shape index (κ3) is 3.80. The van der Waals surface area contributed by atoms with Gasteiger partial charge in [0.05, 0.1) is 0 Å². The van der Waals surface area contributed by atoms with Gasteiger partial charge in [0.25, 0.3) is 0 Å². The summed E-state index contributed by atoms with van der Waals surface area (Å²) < 4.78 is 1.35. The summed E-state index contributed by atoms with van der Waals surface area (Å²) in [5.41, 5.74) is 3.42. The standard InChI is InChI=1S/C27H35I/c1-2-3-4-5-6-8-11-21-20-24-16-19-26(21)27(24,22-12-9-7-10-13-22)23-14-17-25(28)18-15-23/h7,9-10,12-15,17-18,21,24,26H,2-6,8,11,16,19-20H2,1H3/t21-,24+,26-,27-/m0/s1. The Labute approximate surface area is 185 Å². The van der Waals surface area contributed by atoms with Crippen molar-refractivity contribution in [3.8, 4) is 0 Å². The Kier molecular flexibility index (Phi) is 6.81. The minimum absolute atomic E-state index is 0.262. The quantitative estimate of drug-likeness (QED) is 0.247. The van der Waals surface area contributed by atoms with E-state index < -0.39 is 0 Å². The summed E-state index contributed by atoms with van der Waals surface area (Å²) >= 11 is 2.44. The predicted molar refractivity (Wildman–Crippen MR) is 129 cm³/mol. The monoisotopic (exact) mass is 486 g/mol. The third-order valence-corrected chi connectivity index (χ3v) is 8.43. The first kappa shape index (κ1) is 20.4. The molecular formula is C27H35I. The van der Waals surface area contributed by atoms with E-state index in [2.05, 4.69) is 84.1 Å². The van der Waals surface area contributed by atoms with Crippen LogP contribution in [0.1, 0.15) is 82.3 Å². The number of unbranched alkanes of at least 4 members (excludes halogenated alkanes) is 5. The molecule has 0 radical (unpaired) electrons. The molecule has 0 aliphatic heterocycles. The molecule has 1 heteroatoms. The van der Waals surface area contributed by atoms with Crippen molar-refractivity contribution < 1.29 is 0 Å². The summed E-state index contributed by atoms with van der Waals surface area (Å²) in [6.45, 7) is 2.31. The molecule has 2 bridgehead atoms. The predicted octanol–water partition coefficient (Wildman–Crippen LogP) is 8.37. The van der Waals surface area contributed by atoms with E-state index in [4.69, 9.17) is 0 Å². The molecule has 2 aromatic rings. The van der Waals surface area contributed by atoms with E-state index in [1.165, 1.54) is 67.8 Å². The van der Waals surface area contributed by atoms with Gasteiger partial charge in [-0.15, -0.1) is 0 Å². The minimum Gasteiger partial charge on any atom is -0.0654 e. The second-order valence-corrected chi connectivity index (χ2v) is 10.4. The van der Waals surface area contributed by atoms with Gasteiger partial charge in [-0.1, -0.05) is 94.3 Å². The zero-order valence-corrected chi connectivity index (χ0v) is 19.5. The topological polar surface area (TPSA) is 0 Å². The van der Waals surface area contributed by atoms with Gasteiger partial charge >= 0.3 is 0 Å². The van der Waals surface area contributed by atoms with Crippen LogP contribution in [0, 0.1) is 21.3 Å².